The molecule has 2 nitrogen and oxygen atoms in total. The van der Waals surface area contributed by atoms with Crippen molar-refractivity contribution in [1.82, 2.24) is 0 Å². The van der Waals surface area contributed by atoms with Gasteiger partial charge in [-0.05, 0) is 38.0 Å². The van der Waals surface area contributed by atoms with Gasteiger partial charge in [0.25, 0.3) is 0 Å². The van der Waals surface area contributed by atoms with Gasteiger partial charge in [-0.2, -0.15) is 0 Å². The molecule has 0 aromatic heterocycles. The molecule has 1 atom stereocenters. The Morgan fingerprint density at radius 2 is 2.20 bits per heavy atom. The lowest BCUT2D eigenvalue weighted by atomic mass is 9.82. The third-order valence-corrected chi connectivity index (χ3v) is 3.13. The number of Topliss-reactive ketones (excluding diaryl/α,β-unsaturated/α-hetero) is 1. The molecular formula is C13H24O2. The van der Waals surface area contributed by atoms with E-state index >= 15 is 0 Å². The zero-order valence-electron chi connectivity index (χ0n) is 10.3. The minimum atomic E-state index is 0.171. The monoisotopic (exact) mass is 212 g/mol. The normalized spacial score (nSPS) is 21.9. The zero-order valence-corrected chi connectivity index (χ0v) is 10.3. The van der Waals surface area contributed by atoms with Crippen molar-refractivity contribution in [2.24, 2.45) is 5.41 Å². The molecule has 1 aliphatic rings. The Kier molecular flexibility index (Phi) is 4.78. The summed E-state index contributed by atoms with van der Waals surface area (Å²) in [6.45, 7) is 7.00. The third-order valence-electron chi connectivity index (χ3n) is 3.13. The first-order valence-electron chi connectivity index (χ1n) is 6.11. The largest absolute Gasteiger partial charge is 0.378 e. The first-order valence-corrected chi connectivity index (χ1v) is 6.11. The molecule has 0 radical (unpaired) electrons. The minimum absolute atomic E-state index is 0.171. The van der Waals surface area contributed by atoms with Gasteiger partial charge in [-0.15, -0.1) is 0 Å². The Bertz CT molecular complexity index is 203. The second-order valence-corrected chi connectivity index (χ2v) is 5.57. The van der Waals surface area contributed by atoms with Crippen molar-refractivity contribution in [3.05, 3.63) is 0 Å². The molecule has 0 saturated carbocycles. The lowest BCUT2D eigenvalue weighted by Crippen LogP contribution is -2.16. The summed E-state index contributed by atoms with van der Waals surface area (Å²) in [5.74, 6) is 0.303. The first-order chi connectivity index (χ1) is 6.99. The fourth-order valence-electron chi connectivity index (χ4n) is 2.44. The molecule has 0 amide bonds. The van der Waals surface area contributed by atoms with E-state index in [4.69, 9.17) is 4.74 Å². The van der Waals surface area contributed by atoms with Crippen molar-refractivity contribution in [2.45, 2.75) is 65.4 Å². The number of carbonyl (C=O) groups excluding carboxylic acids is 1. The maximum Gasteiger partial charge on any atom is 0.130 e. The highest BCUT2D eigenvalue weighted by atomic mass is 16.5. The van der Waals surface area contributed by atoms with Crippen LogP contribution < -0.4 is 0 Å². The van der Waals surface area contributed by atoms with Crippen LogP contribution in [-0.2, 0) is 9.53 Å². The predicted molar refractivity (Wildman–Crippen MR) is 61.9 cm³/mol. The number of ether oxygens (including phenoxy) is 1. The van der Waals surface area contributed by atoms with Crippen LogP contribution in [0.15, 0.2) is 0 Å². The van der Waals surface area contributed by atoms with Gasteiger partial charge >= 0.3 is 0 Å². The fraction of sp³-hybridized carbons (Fsp3) is 0.923. The van der Waals surface area contributed by atoms with Crippen LogP contribution in [0.25, 0.3) is 0 Å². The lowest BCUT2D eigenvalue weighted by molar-refractivity contribution is -0.118. The van der Waals surface area contributed by atoms with E-state index in [0.29, 0.717) is 18.3 Å². The molecule has 1 unspecified atom stereocenters. The van der Waals surface area contributed by atoms with Crippen LogP contribution >= 0.6 is 0 Å². The molecule has 0 N–H and O–H groups in total. The molecule has 15 heavy (non-hydrogen) atoms. The van der Waals surface area contributed by atoms with E-state index < -0.39 is 0 Å². The quantitative estimate of drug-likeness (QED) is 0.675. The van der Waals surface area contributed by atoms with E-state index in [1.165, 1.54) is 25.7 Å². The summed E-state index contributed by atoms with van der Waals surface area (Å²) in [5, 5.41) is 0. The Labute approximate surface area is 93.4 Å². The molecule has 1 rings (SSSR count). The molecule has 1 fully saturated rings. The summed E-state index contributed by atoms with van der Waals surface area (Å²) in [5.41, 5.74) is 0.171. The third kappa shape index (κ3) is 5.31. The predicted octanol–water partition coefficient (Wildman–Crippen LogP) is 3.34. The van der Waals surface area contributed by atoms with Crippen molar-refractivity contribution in [3.8, 4) is 0 Å². The molecule has 0 aliphatic carbocycles. The molecule has 0 spiro atoms. The average molecular weight is 212 g/mol. The molecule has 1 heterocycles. The molecule has 1 aliphatic heterocycles. The Morgan fingerprint density at radius 3 is 2.73 bits per heavy atom. The number of ketones is 1. The average Bonchev–Trinajstić information content (AvgIpc) is 2.53. The molecule has 2 heteroatoms. The van der Waals surface area contributed by atoms with E-state index in [1.54, 1.807) is 6.92 Å². The second kappa shape index (κ2) is 5.64. The number of carbonyl (C=O) groups is 1. The maximum absolute atomic E-state index is 11.1. The highest BCUT2D eigenvalue weighted by Gasteiger charge is 2.21. The summed E-state index contributed by atoms with van der Waals surface area (Å²) in [7, 11) is 0. The van der Waals surface area contributed by atoms with E-state index in [1.807, 2.05) is 0 Å². The van der Waals surface area contributed by atoms with E-state index in [2.05, 4.69) is 13.8 Å². The molecule has 0 bridgehead atoms. The molecule has 88 valence electrons. The second-order valence-electron chi connectivity index (χ2n) is 5.57. The number of rotatable bonds is 6. The van der Waals surface area contributed by atoms with E-state index in [9.17, 15) is 4.79 Å². The van der Waals surface area contributed by atoms with Gasteiger partial charge in [-0.1, -0.05) is 20.3 Å². The molecule has 0 aromatic carbocycles. The van der Waals surface area contributed by atoms with Crippen molar-refractivity contribution in [2.75, 3.05) is 6.61 Å². The van der Waals surface area contributed by atoms with Gasteiger partial charge in [0.05, 0.1) is 6.10 Å². The van der Waals surface area contributed by atoms with Crippen LogP contribution in [0.1, 0.15) is 59.3 Å². The summed E-state index contributed by atoms with van der Waals surface area (Å²) in [4.78, 5) is 11.1. The van der Waals surface area contributed by atoms with Gasteiger partial charge < -0.3 is 9.53 Å². The van der Waals surface area contributed by atoms with Crippen LogP contribution in [0.3, 0.4) is 0 Å². The van der Waals surface area contributed by atoms with Crippen LogP contribution in [0, 0.1) is 5.41 Å². The smallest absolute Gasteiger partial charge is 0.130 e. The summed E-state index contributed by atoms with van der Waals surface area (Å²) < 4.78 is 5.58. The van der Waals surface area contributed by atoms with Crippen molar-refractivity contribution in [3.63, 3.8) is 0 Å². The topological polar surface area (TPSA) is 26.3 Å². The van der Waals surface area contributed by atoms with Gasteiger partial charge in [0.1, 0.15) is 5.78 Å². The van der Waals surface area contributed by atoms with Gasteiger partial charge in [-0.3, -0.25) is 0 Å². The minimum Gasteiger partial charge on any atom is -0.378 e. The highest BCUT2D eigenvalue weighted by molar-refractivity contribution is 5.76. The molecular weight excluding hydrogens is 188 g/mol. The molecule has 1 saturated heterocycles. The highest BCUT2D eigenvalue weighted by Crippen LogP contribution is 2.29. The molecule has 0 aromatic rings. The zero-order chi connectivity index (χ0) is 11.3. The van der Waals surface area contributed by atoms with Crippen LogP contribution in [0.5, 0.6) is 0 Å². The van der Waals surface area contributed by atoms with Crippen LogP contribution in [0.2, 0.25) is 0 Å². The Balaban J connectivity index is 2.14. The maximum atomic E-state index is 11.1. The summed E-state index contributed by atoms with van der Waals surface area (Å²) in [6.07, 6.45) is 7.14. The van der Waals surface area contributed by atoms with Crippen LogP contribution in [0.4, 0.5) is 0 Å². The fourth-order valence-corrected chi connectivity index (χ4v) is 2.44. The first kappa shape index (κ1) is 12.7. The Hall–Kier alpha value is -0.370. The van der Waals surface area contributed by atoms with Gasteiger partial charge in [0, 0.05) is 13.0 Å². The van der Waals surface area contributed by atoms with E-state index in [0.717, 1.165) is 13.0 Å². The Morgan fingerprint density at radius 1 is 1.47 bits per heavy atom. The summed E-state index contributed by atoms with van der Waals surface area (Å²) in [6, 6.07) is 0. The summed E-state index contributed by atoms with van der Waals surface area (Å²) >= 11 is 0. The van der Waals surface area contributed by atoms with Crippen LogP contribution in [-0.4, -0.2) is 18.5 Å². The van der Waals surface area contributed by atoms with E-state index in [-0.39, 0.29) is 5.41 Å². The van der Waals surface area contributed by atoms with Crippen molar-refractivity contribution in [1.29, 1.82) is 0 Å². The lowest BCUT2D eigenvalue weighted by Gasteiger charge is -2.23. The van der Waals surface area contributed by atoms with Crippen molar-refractivity contribution < 1.29 is 9.53 Å². The number of hydrogen-bond donors (Lipinski definition) is 0. The number of hydrogen-bond acceptors (Lipinski definition) is 2. The SMILES string of the molecule is CC(=O)CC(C)(C)CCCC1CCCO1. The standard InChI is InChI=1S/C13H24O2/c1-11(14)10-13(2,3)8-4-6-12-7-5-9-15-12/h12H,4-10H2,1-3H3. The van der Waals surface area contributed by atoms with Crippen molar-refractivity contribution >= 4 is 5.78 Å². The van der Waals surface area contributed by atoms with Gasteiger partial charge in [0.2, 0.25) is 0 Å². The van der Waals surface area contributed by atoms with Gasteiger partial charge in [0.15, 0.2) is 0 Å². The van der Waals surface area contributed by atoms with Gasteiger partial charge in [-0.25, -0.2) is 0 Å².